The first-order valence-corrected chi connectivity index (χ1v) is 8.97. The van der Waals surface area contributed by atoms with Gasteiger partial charge in [0.2, 0.25) is 0 Å². The molecule has 0 heterocycles. The van der Waals surface area contributed by atoms with Crippen LogP contribution in [0, 0.1) is 0 Å². The molecule has 7 heteroatoms. The summed E-state index contributed by atoms with van der Waals surface area (Å²) < 4.78 is 15.4. The number of methoxy groups -OCH3 is 2. The van der Waals surface area contributed by atoms with Crippen molar-refractivity contribution in [2.24, 2.45) is 0 Å². The molecule has 2 rings (SSSR count). The zero-order valence-electron chi connectivity index (χ0n) is 15.7. The van der Waals surface area contributed by atoms with E-state index in [1.165, 1.54) is 6.08 Å². The number of esters is 1. The highest BCUT2D eigenvalue weighted by Gasteiger charge is 2.07. The van der Waals surface area contributed by atoms with Crippen molar-refractivity contribution in [3.05, 3.63) is 64.7 Å². The summed E-state index contributed by atoms with van der Waals surface area (Å²) in [5, 5.41) is 3.28. The summed E-state index contributed by atoms with van der Waals surface area (Å²) in [6.07, 6.45) is 3.43. The Morgan fingerprint density at radius 1 is 1.07 bits per heavy atom. The van der Waals surface area contributed by atoms with Crippen LogP contribution in [-0.2, 0) is 20.7 Å². The molecule has 0 radical (unpaired) electrons. The van der Waals surface area contributed by atoms with Gasteiger partial charge >= 0.3 is 5.97 Å². The summed E-state index contributed by atoms with van der Waals surface area (Å²) >= 11 is 5.87. The van der Waals surface area contributed by atoms with Crippen LogP contribution in [0.2, 0.25) is 5.02 Å². The van der Waals surface area contributed by atoms with E-state index in [1.807, 2.05) is 18.2 Å². The van der Waals surface area contributed by atoms with Gasteiger partial charge in [-0.05, 0) is 47.9 Å². The van der Waals surface area contributed by atoms with Crippen LogP contribution in [0.15, 0.2) is 48.5 Å². The van der Waals surface area contributed by atoms with E-state index in [0.29, 0.717) is 29.5 Å². The summed E-state index contributed by atoms with van der Waals surface area (Å²) in [7, 11) is 3.14. The van der Waals surface area contributed by atoms with Crippen molar-refractivity contribution in [1.82, 2.24) is 5.32 Å². The van der Waals surface area contributed by atoms with Gasteiger partial charge in [-0.3, -0.25) is 4.79 Å². The van der Waals surface area contributed by atoms with Crippen LogP contribution in [0.25, 0.3) is 6.08 Å². The summed E-state index contributed by atoms with van der Waals surface area (Å²) in [4.78, 5) is 23.5. The minimum absolute atomic E-state index is 0.343. The minimum Gasteiger partial charge on any atom is -0.493 e. The summed E-state index contributed by atoms with van der Waals surface area (Å²) in [5.41, 5.74) is 1.75. The Labute approximate surface area is 169 Å². The Morgan fingerprint density at radius 3 is 2.57 bits per heavy atom. The molecule has 1 amide bonds. The van der Waals surface area contributed by atoms with Gasteiger partial charge in [-0.25, -0.2) is 4.79 Å². The number of nitrogens with one attached hydrogen (secondary N) is 1. The van der Waals surface area contributed by atoms with Gasteiger partial charge in [-0.1, -0.05) is 29.8 Å². The third kappa shape index (κ3) is 6.96. The fraction of sp³-hybridized carbons (Fsp3) is 0.238. The van der Waals surface area contributed by atoms with Gasteiger partial charge in [0.1, 0.15) is 0 Å². The summed E-state index contributed by atoms with van der Waals surface area (Å²) in [6, 6.07) is 12.6. The Hall–Kier alpha value is -2.99. The molecular weight excluding hydrogens is 382 g/mol. The standard InChI is InChI=1S/C21H22ClNO5/c1-26-18-8-6-16(13-19(18)27-2)10-11-23-20(24)14-28-21(25)9-7-15-4-3-5-17(22)12-15/h3-9,12-13H,10-11,14H2,1-2H3,(H,23,24)/b9-7+. The molecule has 0 atom stereocenters. The highest BCUT2D eigenvalue weighted by Crippen LogP contribution is 2.27. The van der Waals surface area contributed by atoms with Crippen molar-refractivity contribution in [3.63, 3.8) is 0 Å². The number of ether oxygens (including phenoxy) is 3. The van der Waals surface area contributed by atoms with E-state index in [4.69, 9.17) is 25.8 Å². The topological polar surface area (TPSA) is 73.9 Å². The van der Waals surface area contributed by atoms with Crippen molar-refractivity contribution >= 4 is 29.6 Å². The van der Waals surface area contributed by atoms with Crippen molar-refractivity contribution in [1.29, 1.82) is 0 Å². The first-order chi connectivity index (χ1) is 13.5. The molecule has 0 aliphatic rings. The van der Waals surface area contributed by atoms with Gasteiger partial charge in [0.25, 0.3) is 5.91 Å². The maximum atomic E-state index is 11.8. The lowest BCUT2D eigenvalue weighted by molar-refractivity contribution is -0.143. The molecule has 0 bridgehead atoms. The highest BCUT2D eigenvalue weighted by atomic mass is 35.5. The SMILES string of the molecule is COc1ccc(CCNC(=O)COC(=O)/C=C/c2cccc(Cl)c2)cc1OC. The van der Waals surface area contributed by atoms with Gasteiger partial charge in [-0.15, -0.1) is 0 Å². The van der Waals surface area contributed by atoms with E-state index >= 15 is 0 Å². The number of halogens is 1. The van der Waals surface area contributed by atoms with Crippen LogP contribution >= 0.6 is 11.6 Å². The second-order valence-electron chi connectivity index (χ2n) is 5.79. The second-order valence-corrected chi connectivity index (χ2v) is 6.22. The normalized spacial score (nSPS) is 10.5. The van der Waals surface area contributed by atoms with Gasteiger partial charge in [0.15, 0.2) is 18.1 Å². The molecule has 6 nitrogen and oxygen atoms in total. The molecule has 1 N–H and O–H groups in total. The van der Waals surface area contributed by atoms with Crippen LogP contribution in [-0.4, -0.2) is 39.2 Å². The average molecular weight is 404 g/mol. The maximum absolute atomic E-state index is 11.8. The fourth-order valence-electron chi connectivity index (χ4n) is 2.39. The van der Waals surface area contributed by atoms with Crippen LogP contribution in [0.5, 0.6) is 11.5 Å². The molecule has 0 spiro atoms. The van der Waals surface area contributed by atoms with Gasteiger partial charge < -0.3 is 19.5 Å². The maximum Gasteiger partial charge on any atom is 0.331 e. The Morgan fingerprint density at radius 2 is 1.86 bits per heavy atom. The van der Waals surface area contributed by atoms with E-state index in [9.17, 15) is 9.59 Å². The Bertz CT molecular complexity index is 850. The van der Waals surface area contributed by atoms with Gasteiger partial charge in [0, 0.05) is 17.6 Å². The quantitative estimate of drug-likeness (QED) is 0.513. The van der Waals surface area contributed by atoms with Gasteiger partial charge in [-0.2, -0.15) is 0 Å². The van der Waals surface area contributed by atoms with Crippen molar-refractivity contribution < 1.29 is 23.8 Å². The first-order valence-electron chi connectivity index (χ1n) is 8.60. The zero-order valence-corrected chi connectivity index (χ0v) is 16.5. The molecule has 2 aromatic carbocycles. The van der Waals surface area contributed by atoms with E-state index in [2.05, 4.69) is 5.32 Å². The molecule has 0 aliphatic carbocycles. The van der Waals surface area contributed by atoms with E-state index in [-0.39, 0.29) is 12.5 Å². The van der Waals surface area contributed by atoms with Crippen LogP contribution < -0.4 is 14.8 Å². The van der Waals surface area contributed by atoms with Crippen molar-refractivity contribution in [3.8, 4) is 11.5 Å². The molecule has 0 saturated heterocycles. The van der Waals surface area contributed by atoms with Crippen LogP contribution in [0.4, 0.5) is 0 Å². The molecule has 2 aromatic rings. The summed E-state index contributed by atoms with van der Waals surface area (Å²) in [6.45, 7) is 0.0644. The number of hydrogen-bond donors (Lipinski definition) is 1. The average Bonchev–Trinajstić information content (AvgIpc) is 2.70. The molecule has 0 saturated carbocycles. The number of amides is 1. The molecule has 0 unspecified atom stereocenters. The zero-order chi connectivity index (χ0) is 20.4. The van der Waals surface area contributed by atoms with Crippen molar-refractivity contribution in [2.75, 3.05) is 27.4 Å². The number of hydrogen-bond acceptors (Lipinski definition) is 5. The van der Waals surface area contributed by atoms with E-state index in [0.717, 1.165) is 11.1 Å². The molecule has 28 heavy (non-hydrogen) atoms. The third-order valence-electron chi connectivity index (χ3n) is 3.79. The Balaban J connectivity index is 1.72. The number of carbonyl (C=O) groups is 2. The number of rotatable bonds is 9. The van der Waals surface area contributed by atoms with E-state index < -0.39 is 5.97 Å². The largest absolute Gasteiger partial charge is 0.493 e. The lowest BCUT2D eigenvalue weighted by atomic mass is 10.1. The summed E-state index contributed by atoms with van der Waals surface area (Å²) in [5.74, 6) is 0.305. The van der Waals surface area contributed by atoms with Crippen LogP contribution in [0.3, 0.4) is 0 Å². The molecule has 0 fully saturated rings. The number of carbonyl (C=O) groups excluding carboxylic acids is 2. The van der Waals surface area contributed by atoms with E-state index in [1.54, 1.807) is 44.6 Å². The van der Waals surface area contributed by atoms with Crippen LogP contribution in [0.1, 0.15) is 11.1 Å². The molecular formula is C21H22ClNO5. The van der Waals surface area contributed by atoms with Crippen molar-refractivity contribution in [2.45, 2.75) is 6.42 Å². The predicted octanol–water partition coefficient (Wildman–Crippen LogP) is 3.27. The molecule has 0 aromatic heterocycles. The van der Waals surface area contributed by atoms with Gasteiger partial charge in [0.05, 0.1) is 14.2 Å². The smallest absolute Gasteiger partial charge is 0.331 e. The predicted molar refractivity (Wildman–Crippen MR) is 108 cm³/mol. The second kappa shape index (κ2) is 11.0. The monoisotopic (exact) mass is 403 g/mol. The number of benzene rings is 2. The highest BCUT2D eigenvalue weighted by molar-refractivity contribution is 6.30. The molecule has 148 valence electrons. The minimum atomic E-state index is -0.602. The third-order valence-corrected chi connectivity index (χ3v) is 4.02. The molecule has 0 aliphatic heterocycles. The lowest BCUT2D eigenvalue weighted by Gasteiger charge is -2.10. The first kappa shape index (κ1) is 21.3. The Kier molecular flexibility index (Phi) is 8.37. The fourth-order valence-corrected chi connectivity index (χ4v) is 2.59. The lowest BCUT2D eigenvalue weighted by Crippen LogP contribution is -2.30.